The van der Waals surface area contributed by atoms with E-state index < -0.39 is 0 Å². The first-order chi connectivity index (χ1) is 14.4. The molecule has 1 fully saturated rings. The maximum atomic E-state index is 12.3. The lowest BCUT2D eigenvalue weighted by atomic mass is 10.1. The van der Waals surface area contributed by atoms with Gasteiger partial charge in [-0.3, -0.25) is 10.2 Å². The summed E-state index contributed by atoms with van der Waals surface area (Å²) in [4.78, 5) is 16.3. The minimum atomic E-state index is 0.0594. The molecule has 2 aromatic rings. The van der Waals surface area contributed by atoms with E-state index in [1.807, 2.05) is 60.2 Å². The first-order valence-corrected chi connectivity index (χ1v) is 10.4. The summed E-state index contributed by atoms with van der Waals surface area (Å²) in [6.07, 6.45) is 4.55. The number of rotatable bonds is 5. The van der Waals surface area contributed by atoms with Crippen LogP contribution in [0.25, 0.3) is 0 Å². The number of hydrogen-bond donors (Lipinski definition) is 2. The zero-order valence-electron chi connectivity index (χ0n) is 18.0. The number of amidine groups is 1. The molecule has 1 saturated carbocycles. The SMILES string of the molecule is CC(=O)N(c1ccc(C#CCN(C)c2cccc(C(=N)N)c2)cc1C)C1CCCC1. The second-order valence-electron chi connectivity index (χ2n) is 7.95. The fourth-order valence-corrected chi connectivity index (χ4v) is 4.05. The lowest BCUT2D eigenvalue weighted by Crippen LogP contribution is -2.37. The van der Waals surface area contributed by atoms with E-state index in [1.165, 1.54) is 12.8 Å². The molecular weight excluding hydrogens is 372 g/mol. The first kappa shape index (κ1) is 21.4. The number of nitrogen functional groups attached to an aromatic ring is 1. The number of nitrogens with zero attached hydrogens (tertiary/aromatic N) is 2. The lowest BCUT2D eigenvalue weighted by Gasteiger charge is -2.29. The predicted molar refractivity (Wildman–Crippen MR) is 124 cm³/mol. The molecule has 1 aliphatic rings. The average Bonchev–Trinajstić information content (AvgIpc) is 3.23. The molecule has 0 bridgehead atoms. The van der Waals surface area contributed by atoms with Crippen molar-refractivity contribution in [1.29, 1.82) is 5.41 Å². The van der Waals surface area contributed by atoms with Gasteiger partial charge in [0.15, 0.2) is 0 Å². The molecule has 0 saturated heterocycles. The standard InChI is InChI=1S/C25H30N4O/c1-18-16-20(13-14-24(18)29(19(2)30)22-10-4-5-11-22)8-7-15-28(3)23-12-6-9-21(17-23)25(26)27/h6,9,12-14,16-17,22H,4-5,10-11,15H2,1-3H3,(H3,26,27). The number of carbonyl (C=O) groups excluding carboxylic acids is 1. The van der Waals surface area contributed by atoms with Crippen LogP contribution < -0.4 is 15.5 Å². The Hall–Kier alpha value is -3.26. The molecule has 30 heavy (non-hydrogen) atoms. The number of aryl methyl sites for hydroxylation is 1. The molecule has 0 aromatic heterocycles. The number of carbonyl (C=O) groups is 1. The molecule has 156 valence electrons. The number of hydrogen-bond acceptors (Lipinski definition) is 3. The van der Waals surface area contributed by atoms with Crippen molar-refractivity contribution < 1.29 is 4.79 Å². The summed E-state index contributed by atoms with van der Waals surface area (Å²) >= 11 is 0. The molecule has 0 heterocycles. The van der Waals surface area contributed by atoms with Crippen molar-refractivity contribution in [3.8, 4) is 11.8 Å². The fourth-order valence-electron chi connectivity index (χ4n) is 4.05. The van der Waals surface area contributed by atoms with Gasteiger partial charge in [0.05, 0.1) is 6.54 Å². The van der Waals surface area contributed by atoms with Crippen molar-refractivity contribution in [3.05, 3.63) is 59.2 Å². The molecule has 3 N–H and O–H groups in total. The summed E-state index contributed by atoms with van der Waals surface area (Å²) < 4.78 is 0. The highest BCUT2D eigenvalue weighted by molar-refractivity contribution is 5.95. The van der Waals surface area contributed by atoms with Gasteiger partial charge < -0.3 is 15.5 Å². The number of benzene rings is 2. The quantitative estimate of drug-likeness (QED) is 0.450. The van der Waals surface area contributed by atoms with Crippen LogP contribution in [0.5, 0.6) is 0 Å². The maximum Gasteiger partial charge on any atom is 0.224 e. The summed E-state index contributed by atoms with van der Waals surface area (Å²) in [5.74, 6) is 6.61. The molecule has 3 rings (SSSR count). The van der Waals surface area contributed by atoms with Crippen LogP contribution in [-0.4, -0.2) is 31.4 Å². The van der Waals surface area contributed by atoms with Crippen LogP contribution in [0.15, 0.2) is 42.5 Å². The molecule has 2 aromatic carbocycles. The zero-order valence-corrected chi connectivity index (χ0v) is 18.0. The fraction of sp³-hybridized carbons (Fsp3) is 0.360. The minimum Gasteiger partial charge on any atom is -0.384 e. The van der Waals surface area contributed by atoms with Crippen molar-refractivity contribution >= 4 is 23.1 Å². The predicted octanol–water partition coefficient (Wildman–Crippen LogP) is 4.06. The van der Waals surface area contributed by atoms with Gasteiger partial charge in [0.1, 0.15) is 5.84 Å². The van der Waals surface area contributed by atoms with Crippen LogP contribution in [0.3, 0.4) is 0 Å². The molecule has 5 heteroatoms. The van der Waals surface area contributed by atoms with Crippen LogP contribution in [0, 0.1) is 24.2 Å². The van der Waals surface area contributed by atoms with Crippen LogP contribution in [-0.2, 0) is 4.79 Å². The number of amides is 1. The van der Waals surface area contributed by atoms with Crippen molar-refractivity contribution in [3.63, 3.8) is 0 Å². The van der Waals surface area contributed by atoms with E-state index in [9.17, 15) is 4.79 Å². The number of nitrogens with two attached hydrogens (primary N) is 1. The largest absolute Gasteiger partial charge is 0.384 e. The number of anilines is 2. The Labute approximate surface area is 179 Å². The highest BCUT2D eigenvalue weighted by Crippen LogP contribution is 2.31. The van der Waals surface area contributed by atoms with Gasteiger partial charge in [-0.2, -0.15) is 0 Å². The Morgan fingerprint density at radius 1 is 1.20 bits per heavy atom. The molecule has 0 unspecified atom stereocenters. The summed E-state index contributed by atoms with van der Waals surface area (Å²) in [7, 11) is 1.97. The Morgan fingerprint density at radius 3 is 2.57 bits per heavy atom. The molecular formula is C25H30N4O. The van der Waals surface area contributed by atoms with Crippen LogP contribution in [0.2, 0.25) is 0 Å². The Balaban J connectivity index is 1.72. The van der Waals surface area contributed by atoms with Gasteiger partial charge in [-0.25, -0.2) is 0 Å². The third-order valence-corrected chi connectivity index (χ3v) is 5.63. The normalized spacial score (nSPS) is 13.4. The molecule has 1 amide bonds. The van der Waals surface area contributed by atoms with Crippen molar-refractivity contribution in [2.24, 2.45) is 5.73 Å². The second-order valence-corrected chi connectivity index (χ2v) is 7.95. The number of nitrogens with one attached hydrogen (secondary N) is 1. The topological polar surface area (TPSA) is 73.4 Å². The van der Waals surface area contributed by atoms with E-state index in [4.69, 9.17) is 11.1 Å². The second kappa shape index (κ2) is 9.49. The van der Waals surface area contributed by atoms with E-state index in [0.717, 1.165) is 35.3 Å². The van der Waals surface area contributed by atoms with Crippen LogP contribution in [0.4, 0.5) is 11.4 Å². The Morgan fingerprint density at radius 2 is 1.93 bits per heavy atom. The van der Waals surface area contributed by atoms with Gasteiger partial charge in [-0.1, -0.05) is 36.8 Å². The average molecular weight is 403 g/mol. The maximum absolute atomic E-state index is 12.3. The highest BCUT2D eigenvalue weighted by atomic mass is 16.2. The van der Waals surface area contributed by atoms with Gasteiger partial charge in [0.25, 0.3) is 0 Å². The summed E-state index contributed by atoms with van der Waals surface area (Å²) in [6, 6.07) is 14.0. The minimum absolute atomic E-state index is 0.0594. The lowest BCUT2D eigenvalue weighted by molar-refractivity contribution is -0.117. The highest BCUT2D eigenvalue weighted by Gasteiger charge is 2.26. The van der Waals surface area contributed by atoms with E-state index in [1.54, 1.807) is 6.92 Å². The van der Waals surface area contributed by atoms with E-state index in [2.05, 4.69) is 17.9 Å². The third-order valence-electron chi connectivity index (χ3n) is 5.63. The third kappa shape index (κ3) is 5.01. The first-order valence-electron chi connectivity index (χ1n) is 10.4. The molecule has 0 aliphatic heterocycles. The van der Waals surface area contributed by atoms with Gasteiger partial charge in [-0.05, 0) is 55.7 Å². The molecule has 5 nitrogen and oxygen atoms in total. The molecule has 0 spiro atoms. The van der Waals surface area contributed by atoms with Crippen molar-refractivity contribution in [2.75, 3.05) is 23.4 Å². The van der Waals surface area contributed by atoms with Crippen LogP contribution in [0.1, 0.15) is 49.3 Å². The summed E-state index contributed by atoms with van der Waals surface area (Å²) in [5, 5.41) is 7.58. The molecule has 0 radical (unpaired) electrons. The zero-order chi connectivity index (χ0) is 21.7. The van der Waals surface area contributed by atoms with Gasteiger partial charge in [0.2, 0.25) is 5.91 Å². The van der Waals surface area contributed by atoms with Crippen LogP contribution >= 0.6 is 0 Å². The van der Waals surface area contributed by atoms with Crippen molar-refractivity contribution in [2.45, 2.75) is 45.6 Å². The molecule has 1 aliphatic carbocycles. The van der Waals surface area contributed by atoms with Gasteiger partial charge in [0, 0.05) is 42.5 Å². The van der Waals surface area contributed by atoms with Crippen molar-refractivity contribution in [1.82, 2.24) is 0 Å². The van der Waals surface area contributed by atoms with Gasteiger partial charge in [-0.15, -0.1) is 0 Å². The van der Waals surface area contributed by atoms with Gasteiger partial charge >= 0.3 is 0 Å². The summed E-state index contributed by atoms with van der Waals surface area (Å²) in [6.45, 7) is 4.26. The van der Waals surface area contributed by atoms with E-state index in [-0.39, 0.29) is 11.7 Å². The smallest absolute Gasteiger partial charge is 0.224 e. The van der Waals surface area contributed by atoms with E-state index in [0.29, 0.717) is 18.2 Å². The van der Waals surface area contributed by atoms with E-state index >= 15 is 0 Å². The Kier molecular flexibility index (Phi) is 6.79. The Bertz CT molecular complexity index is 996. The molecule has 0 atom stereocenters. The summed E-state index contributed by atoms with van der Waals surface area (Å²) in [5.41, 5.74) is 10.3. The monoisotopic (exact) mass is 402 g/mol.